The molecule has 1 rings (SSSR count). The zero-order valence-electron chi connectivity index (χ0n) is 14.3. The second-order valence-electron chi connectivity index (χ2n) is 6.18. The maximum absolute atomic E-state index is 12.2. The lowest BCUT2D eigenvalue weighted by Crippen LogP contribution is -2.34. The molecule has 0 saturated carbocycles. The number of ether oxygens (including phenoxy) is 1. The smallest absolute Gasteiger partial charge is 0.258 e. The van der Waals surface area contributed by atoms with Crippen LogP contribution in [0.25, 0.3) is 0 Å². The van der Waals surface area contributed by atoms with Crippen LogP contribution < -0.4 is 14.8 Å². The highest BCUT2D eigenvalue weighted by atomic mass is 32.2. The maximum atomic E-state index is 12.2. The third-order valence-electron chi connectivity index (χ3n) is 2.95. The van der Waals surface area contributed by atoms with Crippen molar-refractivity contribution in [2.24, 2.45) is 5.92 Å². The molecule has 0 bridgehead atoms. The lowest BCUT2D eigenvalue weighted by Gasteiger charge is -2.13. The van der Waals surface area contributed by atoms with Gasteiger partial charge in [-0.15, -0.1) is 0 Å². The molecule has 1 aromatic carbocycles. The average molecular weight is 342 g/mol. The van der Waals surface area contributed by atoms with Crippen LogP contribution in [0, 0.1) is 12.8 Å². The van der Waals surface area contributed by atoms with Crippen LogP contribution in [0.4, 0.5) is 0 Å². The lowest BCUT2D eigenvalue weighted by molar-refractivity contribution is -0.123. The molecule has 1 amide bonds. The molecule has 7 heteroatoms. The molecule has 0 radical (unpaired) electrons. The first kappa shape index (κ1) is 19.4. The van der Waals surface area contributed by atoms with Crippen molar-refractivity contribution >= 4 is 15.9 Å². The van der Waals surface area contributed by atoms with Gasteiger partial charge in [0.2, 0.25) is 10.0 Å². The topological polar surface area (TPSA) is 84.5 Å². The van der Waals surface area contributed by atoms with Gasteiger partial charge in [0.05, 0.1) is 4.90 Å². The normalized spacial score (nSPS) is 11.8. The quantitative estimate of drug-likeness (QED) is 0.755. The van der Waals surface area contributed by atoms with Gasteiger partial charge in [0.25, 0.3) is 5.91 Å². The van der Waals surface area contributed by atoms with Crippen molar-refractivity contribution < 1.29 is 17.9 Å². The van der Waals surface area contributed by atoms with Crippen molar-refractivity contribution in [3.8, 4) is 5.75 Å². The molecule has 0 aromatic heterocycles. The maximum Gasteiger partial charge on any atom is 0.258 e. The van der Waals surface area contributed by atoms with Gasteiger partial charge in [0.15, 0.2) is 6.61 Å². The Morgan fingerprint density at radius 1 is 1.22 bits per heavy atom. The van der Waals surface area contributed by atoms with Crippen LogP contribution in [0.2, 0.25) is 0 Å². The SMILES string of the molecule is Cc1cc(S(=O)(=O)NCC(C)C)ccc1OCC(=O)NC(C)C. The molecular weight excluding hydrogens is 316 g/mol. The monoisotopic (exact) mass is 342 g/mol. The molecule has 0 aliphatic heterocycles. The van der Waals surface area contributed by atoms with E-state index in [4.69, 9.17) is 4.74 Å². The van der Waals surface area contributed by atoms with Gasteiger partial charge in [0.1, 0.15) is 5.75 Å². The number of hydrogen-bond donors (Lipinski definition) is 2. The van der Waals surface area contributed by atoms with Crippen molar-refractivity contribution in [3.63, 3.8) is 0 Å². The minimum atomic E-state index is -3.53. The minimum absolute atomic E-state index is 0.0479. The van der Waals surface area contributed by atoms with E-state index >= 15 is 0 Å². The van der Waals surface area contributed by atoms with Gasteiger partial charge >= 0.3 is 0 Å². The van der Waals surface area contributed by atoms with E-state index in [-0.39, 0.29) is 29.4 Å². The number of aryl methyl sites for hydroxylation is 1. The molecule has 0 aliphatic carbocycles. The Bertz CT molecular complexity index is 639. The third kappa shape index (κ3) is 6.58. The van der Waals surface area contributed by atoms with Gasteiger partial charge in [-0.2, -0.15) is 0 Å². The number of sulfonamides is 1. The number of rotatable bonds is 8. The van der Waals surface area contributed by atoms with Crippen LogP contribution >= 0.6 is 0 Å². The zero-order valence-corrected chi connectivity index (χ0v) is 15.2. The molecule has 6 nitrogen and oxygen atoms in total. The van der Waals surface area contributed by atoms with E-state index < -0.39 is 10.0 Å². The molecule has 0 atom stereocenters. The summed E-state index contributed by atoms with van der Waals surface area (Å²) in [6.45, 7) is 9.64. The van der Waals surface area contributed by atoms with Crippen molar-refractivity contribution in [2.45, 2.75) is 45.6 Å². The van der Waals surface area contributed by atoms with Gasteiger partial charge in [-0.3, -0.25) is 4.79 Å². The highest BCUT2D eigenvalue weighted by molar-refractivity contribution is 7.89. The molecule has 0 saturated heterocycles. The van der Waals surface area contributed by atoms with E-state index in [1.807, 2.05) is 27.7 Å². The van der Waals surface area contributed by atoms with Crippen molar-refractivity contribution in [2.75, 3.05) is 13.2 Å². The van der Waals surface area contributed by atoms with Gasteiger partial charge in [-0.1, -0.05) is 13.8 Å². The number of carbonyl (C=O) groups is 1. The van der Waals surface area contributed by atoms with E-state index in [9.17, 15) is 13.2 Å². The fourth-order valence-corrected chi connectivity index (χ4v) is 3.12. The Morgan fingerprint density at radius 3 is 2.39 bits per heavy atom. The fraction of sp³-hybridized carbons (Fsp3) is 0.562. The number of nitrogens with one attached hydrogen (secondary N) is 2. The summed E-state index contributed by atoms with van der Waals surface area (Å²) in [6, 6.07) is 4.64. The van der Waals surface area contributed by atoms with Crippen LogP contribution in [0.15, 0.2) is 23.1 Å². The summed E-state index contributed by atoms with van der Waals surface area (Å²) in [4.78, 5) is 11.8. The van der Waals surface area contributed by atoms with E-state index in [2.05, 4.69) is 10.0 Å². The Labute approximate surface area is 138 Å². The van der Waals surface area contributed by atoms with E-state index in [1.165, 1.54) is 6.07 Å². The predicted molar refractivity (Wildman–Crippen MR) is 90.0 cm³/mol. The second kappa shape index (κ2) is 8.31. The van der Waals surface area contributed by atoms with E-state index in [0.29, 0.717) is 17.9 Å². The Balaban J connectivity index is 2.76. The Morgan fingerprint density at radius 2 is 1.87 bits per heavy atom. The molecule has 0 fully saturated rings. The first-order valence-corrected chi connectivity index (χ1v) is 9.12. The first-order valence-electron chi connectivity index (χ1n) is 7.64. The second-order valence-corrected chi connectivity index (χ2v) is 7.95. The van der Waals surface area contributed by atoms with E-state index in [0.717, 1.165) is 0 Å². The summed E-state index contributed by atoms with van der Waals surface area (Å²) in [5.74, 6) is 0.509. The number of hydrogen-bond acceptors (Lipinski definition) is 4. The largest absolute Gasteiger partial charge is 0.484 e. The van der Waals surface area contributed by atoms with E-state index in [1.54, 1.807) is 19.1 Å². The van der Waals surface area contributed by atoms with Crippen LogP contribution in [0.1, 0.15) is 33.3 Å². The zero-order chi connectivity index (χ0) is 17.6. The van der Waals surface area contributed by atoms with Gasteiger partial charge in [-0.25, -0.2) is 13.1 Å². The number of carbonyl (C=O) groups excluding carboxylic acids is 1. The summed E-state index contributed by atoms with van der Waals surface area (Å²) in [6.07, 6.45) is 0. The number of benzene rings is 1. The standard InChI is InChI=1S/C16H26N2O4S/c1-11(2)9-17-23(20,21)14-6-7-15(13(5)8-14)22-10-16(19)18-12(3)4/h6-8,11-12,17H,9-10H2,1-5H3,(H,18,19). The molecular formula is C16H26N2O4S. The lowest BCUT2D eigenvalue weighted by atomic mass is 10.2. The summed E-state index contributed by atoms with van der Waals surface area (Å²) < 4.78 is 32.3. The summed E-state index contributed by atoms with van der Waals surface area (Å²) >= 11 is 0. The molecule has 0 heterocycles. The molecule has 0 unspecified atom stereocenters. The van der Waals surface area contributed by atoms with Crippen LogP contribution in [0.5, 0.6) is 5.75 Å². The van der Waals surface area contributed by atoms with Crippen molar-refractivity contribution in [1.82, 2.24) is 10.0 Å². The van der Waals surface area contributed by atoms with Crippen molar-refractivity contribution in [1.29, 1.82) is 0 Å². The van der Waals surface area contributed by atoms with Crippen LogP contribution in [-0.2, 0) is 14.8 Å². The molecule has 130 valence electrons. The van der Waals surface area contributed by atoms with Gasteiger partial charge in [0, 0.05) is 12.6 Å². The molecule has 0 aliphatic rings. The first-order chi connectivity index (χ1) is 10.6. The summed E-state index contributed by atoms with van der Waals surface area (Å²) in [7, 11) is -3.53. The van der Waals surface area contributed by atoms with Gasteiger partial charge < -0.3 is 10.1 Å². The van der Waals surface area contributed by atoms with Crippen molar-refractivity contribution in [3.05, 3.63) is 23.8 Å². The number of amides is 1. The van der Waals surface area contributed by atoms with Gasteiger partial charge in [-0.05, 0) is 50.5 Å². The van der Waals surface area contributed by atoms with Crippen LogP contribution in [0.3, 0.4) is 0 Å². The Kier molecular flexibility index (Phi) is 7.02. The molecule has 0 spiro atoms. The summed E-state index contributed by atoms with van der Waals surface area (Å²) in [5, 5.41) is 2.73. The minimum Gasteiger partial charge on any atom is -0.484 e. The molecule has 2 N–H and O–H groups in total. The summed E-state index contributed by atoms with van der Waals surface area (Å²) in [5.41, 5.74) is 0.662. The third-order valence-corrected chi connectivity index (χ3v) is 4.37. The Hall–Kier alpha value is -1.60. The fourth-order valence-electron chi connectivity index (χ4n) is 1.82. The molecule has 23 heavy (non-hydrogen) atoms. The van der Waals surface area contributed by atoms with Crippen LogP contribution in [-0.4, -0.2) is 33.5 Å². The average Bonchev–Trinajstić information content (AvgIpc) is 2.43. The molecule has 1 aromatic rings. The predicted octanol–water partition coefficient (Wildman–Crippen LogP) is 1.83. The highest BCUT2D eigenvalue weighted by Crippen LogP contribution is 2.21. The highest BCUT2D eigenvalue weighted by Gasteiger charge is 2.16.